The number of hydrogen-bond donors (Lipinski definition) is 0. The lowest BCUT2D eigenvalue weighted by molar-refractivity contribution is 0.600. The highest BCUT2D eigenvalue weighted by Crippen LogP contribution is 2.40. The largest absolute Gasteiger partial charge is 0.247 e. The molecule has 1 heterocycles. The van der Waals surface area contributed by atoms with Crippen LogP contribution in [0, 0.1) is 34.6 Å². The van der Waals surface area contributed by atoms with Crippen molar-refractivity contribution in [2.24, 2.45) is 0 Å². The summed E-state index contributed by atoms with van der Waals surface area (Å²) < 4.78 is 0. The summed E-state index contributed by atoms with van der Waals surface area (Å²) in [5, 5.41) is 2.69. The first-order valence-electron chi connectivity index (χ1n) is 8.44. The number of fused-ring (bicyclic) bond motifs is 2. The van der Waals surface area contributed by atoms with E-state index in [1.165, 1.54) is 49.7 Å². The van der Waals surface area contributed by atoms with Gasteiger partial charge in [-0.05, 0) is 79.5 Å². The summed E-state index contributed by atoms with van der Waals surface area (Å²) in [6.45, 7) is 18.1. The Labute approximate surface area is 139 Å². The zero-order chi connectivity index (χ0) is 17.1. The van der Waals surface area contributed by atoms with E-state index >= 15 is 0 Å². The minimum Gasteiger partial charge on any atom is -0.247 e. The molecule has 0 aliphatic heterocycles. The van der Waals surface area contributed by atoms with Crippen LogP contribution in [-0.4, -0.2) is 4.98 Å². The zero-order valence-electron chi connectivity index (χ0n) is 15.7. The second kappa shape index (κ2) is 5.06. The van der Waals surface area contributed by atoms with Gasteiger partial charge in [0, 0.05) is 10.8 Å². The van der Waals surface area contributed by atoms with Crippen LogP contribution in [0.4, 0.5) is 0 Å². The molecule has 1 aromatic heterocycles. The van der Waals surface area contributed by atoms with Gasteiger partial charge in [-0.2, -0.15) is 0 Å². The fourth-order valence-electron chi connectivity index (χ4n) is 3.80. The molecule has 0 bridgehead atoms. The maximum absolute atomic E-state index is 5.08. The summed E-state index contributed by atoms with van der Waals surface area (Å²) >= 11 is 0. The van der Waals surface area contributed by atoms with Crippen molar-refractivity contribution >= 4 is 21.8 Å². The van der Waals surface area contributed by atoms with Crippen LogP contribution in [0.1, 0.15) is 54.2 Å². The van der Waals surface area contributed by atoms with Crippen molar-refractivity contribution in [2.45, 2.75) is 60.8 Å². The average molecular weight is 305 g/mol. The molecule has 0 unspecified atom stereocenters. The SMILES string of the molecule is Cc1c(C)c(C)c2c(C(C)(C)C)c3c(C)cccc3nc2c1C. The Morgan fingerprint density at radius 2 is 1.35 bits per heavy atom. The Bertz CT molecular complexity index is 940. The van der Waals surface area contributed by atoms with Gasteiger partial charge in [0.15, 0.2) is 0 Å². The molecule has 23 heavy (non-hydrogen) atoms. The summed E-state index contributed by atoms with van der Waals surface area (Å²) in [7, 11) is 0. The minimum absolute atomic E-state index is 0.0739. The molecular formula is C22H27N. The van der Waals surface area contributed by atoms with Crippen molar-refractivity contribution in [3.05, 3.63) is 51.6 Å². The number of aryl methyl sites for hydroxylation is 3. The molecule has 0 aliphatic rings. The number of hydrogen-bond acceptors (Lipinski definition) is 1. The van der Waals surface area contributed by atoms with Crippen molar-refractivity contribution in [1.29, 1.82) is 0 Å². The average Bonchev–Trinajstić information content (AvgIpc) is 2.48. The number of rotatable bonds is 0. The third-order valence-corrected chi connectivity index (χ3v) is 5.39. The molecule has 2 aromatic carbocycles. The molecule has 0 fully saturated rings. The van der Waals surface area contributed by atoms with Gasteiger partial charge in [-0.1, -0.05) is 32.9 Å². The summed E-state index contributed by atoms with van der Waals surface area (Å²) in [4.78, 5) is 5.08. The Hall–Kier alpha value is -1.89. The molecule has 3 rings (SSSR count). The molecule has 0 saturated heterocycles. The summed E-state index contributed by atoms with van der Waals surface area (Å²) in [5.74, 6) is 0. The maximum atomic E-state index is 5.08. The van der Waals surface area contributed by atoms with Gasteiger partial charge in [0.1, 0.15) is 0 Å². The van der Waals surface area contributed by atoms with E-state index in [0.717, 1.165) is 5.52 Å². The molecule has 0 aliphatic carbocycles. The van der Waals surface area contributed by atoms with Crippen LogP contribution in [0.5, 0.6) is 0 Å². The highest BCUT2D eigenvalue weighted by molar-refractivity contribution is 6.03. The molecule has 1 nitrogen and oxygen atoms in total. The third kappa shape index (κ3) is 2.25. The highest BCUT2D eigenvalue weighted by Gasteiger charge is 2.25. The quantitative estimate of drug-likeness (QED) is 0.449. The molecule has 0 N–H and O–H groups in total. The van der Waals surface area contributed by atoms with Crippen LogP contribution in [0.25, 0.3) is 21.8 Å². The molecule has 0 spiro atoms. The maximum Gasteiger partial charge on any atom is 0.0747 e. The topological polar surface area (TPSA) is 12.9 Å². The first-order chi connectivity index (χ1) is 10.6. The van der Waals surface area contributed by atoms with Crippen molar-refractivity contribution in [3.63, 3.8) is 0 Å². The van der Waals surface area contributed by atoms with Crippen molar-refractivity contribution in [3.8, 4) is 0 Å². The molecule has 0 atom stereocenters. The number of aromatic nitrogens is 1. The van der Waals surface area contributed by atoms with Gasteiger partial charge < -0.3 is 0 Å². The van der Waals surface area contributed by atoms with E-state index in [1.54, 1.807) is 0 Å². The first-order valence-corrected chi connectivity index (χ1v) is 8.44. The van der Waals surface area contributed by atoms with Gasteiger partial charge in [0.2, 0.25) is 0 Å². The lowest BCUT2D eigenvalue weighted by atomic mass is 9.78. The summed E-state index contributed by atoms with van der Waals surface area (Å²) in [6, 6.07) is 6.47. The predicted octanol–water partition coefficient (Wildman–Crippen LogP) is 6.23. The van der Waals surface area contributed by atoms with E-state index in [1.807, 2.05) is 0 Å². The van der Waals surface area contributed by atoms with E-state index in [4.69, 9.17) is 4.98 Å². The molecule has 120 valence electrons. The molecule has 0 saturated carbocycles. The summed E-state index contributed by atoms with van der Waals surface area (Å²) in [6.07, 6.45) is 0. The van der Waals surface area contributed by atoms with Gasteiger partial charge in [-0.15, -0.1) is 0 Å². The van der Waals surface area contributed by atoms with E-state index in [0.29, 0.717) is 0 Å². The summed E-state index contributed by atoms with van der Waals surface area (Å²) in [5.41, 5.74) is 10.6. The van der Waals surface area contributed by atoms with E-state index in [-0.39, 0.29) is 5.41 Å². The Morgan fingerprint density at radius 1 is 0.739 bits per heavy atom. The van der Waals surface area contributed by atoms with E-state index in [9.17, 15) is 0 Å². The Morgan fingerprint density at radius 3 is 1.96 bits per heavy atom. The molecular weight excluding hydrogens is 278 g/mol. The lowest BCUT2D eigenvalue weighted by Gasteiger charge is -2.27. The van der Waals surface area contributed by atoms with Crippen LogP contribution in [0.2, 0.25) is 0 Å². The minimum atomic E-state index is 0.0739. The fraction of sp³-hybridized carbons (Fsp3) is 0.409. The molecule has 0 radical (unpaired) electrons. The zero-order valence-corrected chi connectivity index (χ0v) is 15.7. The Kier molecular flexibility index (Phi) is 3.51. The number of nitrogens with zero attached hydrogens (tertiary/aromatic N) is 1. The first kappa shape index (κ1) is 16.0. The highest BCUT2D eigenvalue weighted by atomic mass is 14.7. The van der Waals surface area contributed by atoms with Crippen LogP contribution < -0.4 is 0 Å². The van der Waals surface area contributed by atoms with Crippen LogP contribution in [-0.2, 0) is 5.41 Å². The van der Waals surface area contributed by atoms with E-state index in [2.05, 4.69) is 73.6 Å². The fourth-order valence-corrected chi connectivity index (χ4v) is 3.80. The van der Waals surface area contributed by atoms with Crippen LogP contribution in [0.3, 0.4) is 0 Å². The van der Waals surface area contributed by atoms with Crippen LogP contribution >= 0.6 is 0 Å². The lowest BCUT2D eigenvalue weighted by Crippen LogP contribution is -2.15. The monoisotopic (exact) mass is 305 g/mol. The van der Waals surface area contributed by atoms with Gasteiger partial charge >= 0.3 is 0 Å². The predicted molar refractivity (Wildman–Crippen MR) is 102 cm³/mol. The second-order valence-corrected chi connectivity index (χ2v) is 7.93. The molecule has 0 amide bonds. The number of pyridine rings is 1. The smallest absolute Gasteiger partial charge is 0.0747 e. The molecule has 1 heteroatoms. The van der Waals surface area contributed by atoms with Crippen molar-refractivity contribution in [2.75, 3.05) is 0 Å². The normalized spacial score (nSPS) is 12.3. The standard InChI is InChI=1S/C22H27N/c1-12-10-9-11-17-18(12)20(22(6,7)8)19-15(4)13(2)14(3)16(5)21(19)23-17/h9-11H,1-8H3. The van der Waals surface area contributed by atoms with Crippen LogP contribution in [0.15, 0.2) is 18.2 Å². The second-order valence-electron chi connectivity index (χ2n) is 7.93. The van der Waals surface area contributed by atoms with Gasteiger partial charge in [-0.3, -0.25) is 0 Å². The van der Waals surface area contributed by atoms with E-state index < -0.39 is 0 Å². The Balaban J connectivity index is 2.75. The van der Waals surface area contributed by atoms with Gasteiger partial charge in [0.25, 0.3) is 0 Å². The number of benzene rings is 2. The van der Waals surface area contributed by atoms with Gasteiger partial charge in [0.05, 0.1) is 11.0 Å². The third-order valence-electron chi connectivity index (χ3n) is 5.39. The van der Waals surface area contributed by atoms with Gasteiger partial charge in [-0.25, -0.2) is 4.98 Å². The van der Waals surface area contributed by atoms with Crippen molar-refractivity contribution in [1.82, 2.24) is 4.98 Å². The van der Waals surface area contributed by atoms with Crippen molar-refractivity contribution < 1.29 is 0 Å². The molecule has 3 aromatic rings.